The number of carbonyl (C=O) groups excluding carboxylic acids is 2. The lowest BCUT2D eigenvalue weighted by molar-refractivity contribution is -0.127. The van der Waals surface area contributed by atoms with E-state index in [4.69, 9.17) is 33.2 Å². The zero-order valence-electron chi connectivity index (χ0n) is 12.1. The van der Waals surface area contributed by atoms with Crippen LogP contribution in [0.25, 0.3) is 0 Å². The summed E-state index contributed by atoms with van der Waals surface area (Å²) in [6.07, 6.45) is 0. The molecule has 0 saturated carbocycles. The lowest BCUT2D eigenvalue weighted by Gasteiger charge is -2.28. The van der Waals surface area contributed by atoms with Crippen LogP contribution in [-0.4, -0.2) is 38.1 Å². The van der Waals surface area contributed by atoms with Gasteiger partial charge in [-0.3, -0.25) is 14.5 Å². The number of halogens is 2. The van der Waals surface area contributed by atoms with E-state index in [9.17, 15) is 9.59 Å². The van der Waals surface area contributed by atoms with Crippen LogP contribution in [0.1, 0.15) is 6.92 Å². The molecular formula is C14H15Cl2N3O3. The maximum atomic E-state index is 12.2. The molecule has 0 aliphatic carbocycles. The summed E-state index contributed by atoms with van der Waals surface area (Å²) in [5.41, 5.74) is 0.413. The molecule has 1 atom stereocenters. The van der Waals surface area contributed by atoms with Crippen LogP contribution in [-0.2, 0) is 14.3 Å². The fraction of sp³-hybridized carbons (Fsp3) is 0.357. The molecule has 1 rings (SSSR count). The van der Waals surface area contributed by atoms with Crippen LogP contribution >= 0.6 is 23.2 Å². The van der Waals surface area contributed by atoms with E-state index in [0.29, 0.717) is 10.7 Å². The highest BCUT2D eigenvalue weighted by atomic mass is 35.5. The first-order valence-corrected chi connectivity index (χ1v) is 7.08. The molecule has 0 fully saturated rings. The second-order valence-electron chi connectivity index (χ2n) is 4.35. The third-order valence-corrected chi connectivity index (χ3v) is 3.57. The van der Waals surface area contributed by atoms with Gasteiger partial charge in [-0.1, -0.05) is 23.2 Å². The van der Waals surface area contributed by atoms with Crippen molar-refractivity contribution in [2.75, 3.05) is 25.2 Å². The van der Waals surface area contributed by atoms with Gasteiger partial charge in [0.05, 0.1) is 16.1 Å². The third-order valence-electron chi connectivity index (χ3n) is 2.83. The zero-order chi connectivity index (χ0) is 16.7. The number of carbonyl (C=O) groups is 2. The quantitative estimate of drug-likeness (QED) is 0.800. The van der Waals surface area contributed by atoms with Gasteiger partial charge in [-0.2, -0.15) is 5.26 Å². The Hall–Kier alpha value is -1.81. The summed E-state index contributed by atoms with van der Waals surface area (Å²) in [6, 6.07) is 5.57. The van der Waals surface area contributed by atoms with E-state index in [1.807, 2.05) is 0 Å². The molecule has 1 N–H and O–H groups in total. The monoisotopic (exact) mass is 343 g/mol. The summed E-state index contributed by atoms with van der Waals surface area (Å²) in [6.45, 7) is 1.20. The number of methoxy groups -OCH3 is 1. The van der Waals surface area contributed by atoms with Crippen LogP contribution in [0.3, 0.4) is 0 Å². The smallest absolute Gasteiger partial charge is 0.253 e. The van der Waals surface area contributed by atoms with Crippen molar-refractivity contribution in [2.45, 2.75) is 13.0 Å². The van der Waals surface area contributed by atoms with Gasteiger partial charge in [0.15, 0.2) is 0 Å². The SMILES string of the molecule is COCC(=O)N(c1ccc(Cl)c(Cl)c1)C(C)C(=O)NCC#N. The van der Waals surface area contributed by atoms with E-state index in [-0.39, 0.29) is 18.2 Å². The third kappa shape index (κ3) is 4.60. The second kappa shape index (κ2) is 8.59. The molecule has 6 nitrogen and oxygen atoms in total. The lowest BCUT2D eigenvalue weighted by Crippen LogP contribution is -2.49. The number of nitrogens with one attached hydrogen (secondary N) is 1. The fourth-order valence-corrected chi connectivity index (χ4v) is 2.10. The minimum atomic E-state index is -0.840. The highest BCUT2D eigenvalue weighted by Gasteiger charge is 2.27. The summed E-state index contributed by atoms with van der Waals surface area (Å²) in [5.74, 6) is -0.877. The van der Waals surface area contributed by atoms with Gasteiger partial charge in [0.25, 0.3) is 5.91 Å². The molecule has 0 bridgehead atoms. The summed E-state index contributed by atoms with van der Waals surface area (Å²) in [7, 11) is 1.38. The van der Waals surface area contributed by atoms with Gasteiger partial charge < -0.3 is 10.1 Å². The normalized spacial score (nSPS) is 11.4. The second-order valence-corrected chi connectivity index (χ2v) is 5.16. The van der Waals surface area contributed by atoms with Gasteiger partial charge in [-0.05, 0) is 25.1 Å². The number of hydrogen-bond acceptors (Lipinski definition) is 4. The van der Waals surface area contributed by atoms with Gasteiger partial charge in [-0.25, -0.2) is 0 Å². The maximum absolute atomic E-state index is 12.2. The summed E-state index contributed by atoms with van der Waals surface area (Å²) in [4.78, 5) is 25.5. The average Bonchev–Trinajstić information content (AvgIpc) is 2.48. The molecule has 0 aliphatic heterocycles. The summed E-state index contributed by atoms with van der Waals surface area (Å²) >= 11 is 11.8. The molecule has 0 radical (unpaired) electrons. The van der Waals surface area contributed by atoms with Gasteiger partial charge in [-0.15, -0.1) is 0 Å². The number of nitriles is 1. The fourth-order valence-electron chi connectivity index (χ4n) is 1.80. The Bertz CT molecular complexity index is 601. The predicted molar refractivity (Wildman–Crippen MR) is 83.9 cm³/mol. The molecule has 0 spiro atoms. The molecule has 1 unspecified atom stereocenters. The van der Waals surface area contributed by atoms with Crippen LogP contribution in [0.4, 0.5) is 5.69 Å². The van der Waals surface area contributed by atoms with Crippen LogP contribution in [0.2, 0.25) is 10.0 Å². The van der Waals surface area contributed by atoms with Crippen molar-refractivity contribution in [3.63, 3.8) is 0 Å². The predicted octanol–water partition coefficient (Wildman–Crippen LogP) is 2.00. The van der Waals surface area contributed by atoms with Crippen molar-refractivity contribution in [3.8, 4) is 6.07 Å². The van der Waals surface area contributed by atoms with E-state index in [1.54, 1.807) is 19.1 Å². The topological polar surface area (TPSA) is 82.4 Å². The number of ether oxygens (including phenoxy) is 1. The number of amides is 2. The van der Waals surface area contributed by atoms with E-state index in [1.165, 1.54) is 24.1 Å². The lowest BCUT2D eigenvalue weighted by atomic mass is 10.2. The first-order chi connectivity index (χ1) is 10.4. The van der Waals surface area contributed by atoms with Crippen molar-refractivity contribution in [1.82, 2.24) is 5.32 Å². The van der Waals surface area contributed by atoms with Crippen molar-refractivity contribution in [1.29, 1.82) is 5.26 Å². The van der Waals surface area contributed by atoms with Gasteiger partial charge in [0.1, 0.15) is 19.2 Å². The van der Waals surface area contributed by atoms with E-state index in [0.717, 1.165) is 0 Å². The van der Waals surface area contributed by atoms with Crippen LogP contribution in [0, 0.1) is 11.3 Å². The first kappa shape index (κ1) is 18.2. The van der Waals surface area contributed by atoms with E-state index < -0.39 is 17.9 Å². The number of hydrogen-bond donors (Lipinski definition) is 1. The molecule has 2 amide bonds. The molecule has 118 valence electrons. The zero-order valence-corrected chi connectivity index (χ0v) is 13.6. The minimum Gasteiger partial charge on any atom is -0.375 e. The summed E-state index contributed by atoms with van der Waals surface area (Å²) < 4.78 is 4.84. The molecular weight excluding hydrogens is 329 g/mol. The molecule has 0 saturated heterocycles. The number of anilines is 1. The minimum absolute atomic E-state index is 0.142. The molecule has 1 aromatic rings. The van der Waals surface area contributed by atoms with Crippen LogP contribution in [0.15, 0.2) is 18.2 Å². The first-order valence-electron chi connectivity index (χ1n) is 6.33. The van der Waals surface area contributed by atoms with Gasteiger partial charge in [0.2, 0.25) is 5.91 Å². The molecule has 8 heteroatoms. The average molecular weight is 344 g/mol. The van der Waals surface area contributed by atoms with E-state index >= 15 is 0 Å². The molecule has 0 aromatic heterocycles. The molecule has 1 aromatic carbocycles. The van der Waals surface area contributed by atoms with Crippen LogP contribution in [0.5, 0.6) is 0 Å². The number of rotatable bonds is 6. The van der Waals surface area contributed by atoms with Gasteiger partial charge in [0, 0.05) is 12.8 Å². The Balaban J connectivity index is 3.12. The Morgan fingerprint density at radius 2 is 2.09 bits per heavy atom. The Kier molecular flexibility index (Phi) is 7.12. The molecule has 22 heavy (non-hydrogen) atoms. The van der Waals surface area contributed by atoms with Gasteiger partial charge >= 0.3 is 0 Å². The van der Waals surface area contributed by atoms with Crippen molar-refractivity contribution in [3.05, 3.63) is 28.2 Å². The highest BCUT2D eigenvalue weighted by molar-refractivity contribution is 6.42. The van der Waals surface area contributed by atoms with Crippen molar-refractivity contribution in [2.24, 2.45) is 0 Å². The van der Waals surface area contributed by atoms with Crippen molar-refractivity contribution >= 4 is 40.7 Å². The number of nitrogens with zero attached hydrogens (tertiary/aromatic N) is 2. The largest absolute Gasteiger partial charge is 0.375 e. The summed E-state index contributed by atoms with van der Waals surface area (Å²) in [5, 5.41) is 11.5. The van der Waals surface area contributed by atoms with Crippen LogP contribution < -0.4 is 10.2 Å². The Morgan fingerprint density at radius 3 is 2.64 bits per heavy atom. The molecule has 0 aliphatic rings. The van der Waals surface area contributed by atoms with E-state index in [2.05, 4.69) is 5.32 Å². The maximum Gasteiger partial charge on any atom is 0.253 e. The highest BCUT2D eigenvalue weighted by Crippen LogP contribution is 2.28. The Morgan fingerprint density at radius 1 is 1.41 bits per heavy atom. The standard InChI is InChI=1S/C14H15Cl2N3O3/c1-9(14(21)18-6-5-17)19(13(20)8-22-2)10-3-4-11(15)12(16)7-10/h3-4,7,9H,6,8H2,1-2H3,(H,18,21). The number of benzene rings is 1. The van der Waals surface area contributed by atoms with Crippen molar-refractivity contribution < 1.29 is 14.3 Å². The Labute approximate surface area is 138 Å². The molecule has 0 heterocycles.